The Bertz CT molecular complexity index is 886. The third-order valence-corrected chi connectivity index (χ3v) is 4.18. The van der Waals surface area contributed by atoms with Crippen molar-refractivity contribution in [1.29, 1.82) is 0 Å². The van der Waals surface area contributed by atoms with Gasteiger partial charge in [0.15, 0.2) is 0 Å². The first-order valence-electron chi connectivity index (χ1n) is 6.92. The molecule has 0 aliphatic rings. The van der Waals surface area contributed by atoms with E-state index in [1.54, 1.807) is 18.3 Å². The Kier molecular flexibility index (Phi) is 4.55. The van der Waals surface area contributed by atoms with Crippen LogP contribution in [0.3, 0.4) is 0 Å². The number of aromatic hydroxyl groups is 1. The standard InChI is InChI=1S/C18H13BrClNO2/c1-11-2-5-14(15(19)8-11)18-7-4-13(23-18)10-21-16-6-3-12(20)9-17(16)22/h2-10,22H,1H3. The normalized spacial score (nSPS) is 11.3. The number of phenolic OH excluding ortho intramolecular Hbond substituents is 1. The van der Waals surface area contributed by atoms with Crippen LogP contribution in [0.4, 0.5) is 5.69 Å². The highest BCUT2D eigenvalue weighted by molar-refractivity contribution is 9.10. The number of hydrogen-bond acceptors (Lipinski definition) is 3. The van der Waals surface area contributed by atoms with Gasteiger partial charge in [0, 0.05) is 21.1 Å². The highest BCUT2D eigenvalue weighted by atomic mass is 79.9. The van der Waals surface area contributed by atoms with Crippen LogP contribution in [0.2, 0.25) is 5.02 Å². The molecule has 0 atom stereocenters. The Morgan fingerprint density at radius 3 is 2.70 bits per heavy atom. The van der Waals surface area contributed by atoms with Gasteiger partial charge in [-0.05, 0) is 48.9 Å². The van der Waals surface area contributed by atoms with E-state index in [0.717, 1.165) is 15.8 Å². The Morgan fingerprint density at radius 1 is 1.13 bits per heavy atom. The summed E-state index contributed by atoms with van der Waals surface area (Å²) >= 11 is 9.34. The van der Waals surface area contributed by atoms with Gasteiger partial charge in [0.05, 0.1) is 6.21 Å². The number of nitrogens with zero attached hydrogens (tertiary/aromatic N) is 1. The van der Waals surface area contributed by atoms with Gasteiger partial charge in [-0.25, -0.2) is 4.99 Å². The molecule has 0 radical (unpaired) electrons. The highest BCUT2D eigenvalue weighted by Gasteiger charge is 2.08. The van der Waals surface area contributed by atoms with Gasteiger partial charge in [-0.1, -0.05) is 33.6 Å². The van der Waals surface area contributed by atoms with E-state index in [4.69, 9.17) is 16.0 Å². The van der Waals surface area contributed by atoms with E-state index >= 15 is 0 Å². The van der Waals surface area contributed by atoms with Crippen molar-refractivity contribution in [2.24, 2.45) is 4.99 Å². The maximum Gasteiger partial charge on any atom is 0.145 e. The molecule has 1 N–H and O–H groups in total. The van der Waals surface area contributed by atoms with Gasteiger partial charge in [0.25, 0.3) is 0 Å². The highest BCUT2D eigenvalue weighted by Crippen LogP contribution is 2.31. The molecule has 1 heterocycles. The van der Waals surface area contributed by atoms with Crippen molar-refractivity contribution < 1.29 is 9.52 Å². The number of aryl methyl sites for hydroxylation is 1. The van der Waals surface area contributed by atoms with Crippen molar-refractivity contribution in [1.82, 2.24) is 0 Å². The summed E-state index contributed by atoms with van der Waals surface area (Å²) in [5, 5.41) is 10.2. The predicted molar refractivity (Wildman–Crippen MR) is 97.0 cm³/mol. The number of hydrogen-bond donors (Lipinski definition) is 1. The first-order valence-corrected chi connectivity index (χ1v) is 8.09. The molecule has 0 spiro atoms. The van der Waals surface area contributed by atoms with Crippen LogP contribution in [0.25, 0.3) is 11.3 Å². The fraction of sp³-hybridized carbons (Fsp3) is 0.0556. The molecule has 3 rings (SSSR count). The fourth-order valence-corrected chi connectivity index (χ4v) is 2.98. The molecule has 0 aliphatic carbocycles. The summed E-state index contributed by atoms with van der Waals surface area (Å²) in [6, 6.07) is 14.6. The number of rotatable bonds is 3. The Labute approximate surface area is 147 Å². The first-order chi connectivity index (χ1) is 11.0. The zero-order valence-corrected chi connectivity index (χ0v) is 14.6. The summed E-state index contributed by atoms with van der Waals surface area (Å²) < 4.78 is 6.77. The van der Waals surface area contributed by atoms with Crippen LogP contribution < -0.4 is 0 Å². The average Bonchev–Trinajstić information content (AvgIpc) is 2.95. The molecule has 0 amide bonds. The maximum atomic E-state index is 9.78. The van der Waals surface area contributed by atoms with E-state index in [9.17, 15) is 5.11 Å². The molecule has 116 valence electrons. The lowest BCUT2D eigenvalue weighted by atomic mass is 10.1. The molecule has 23 heavy (non-hydrogen) atoms. The van der Waals surface area contributed by atoms with Crippen molar-refractivity contribution in [2.45, 2.75) is 6.92 Å². The zero-order chi connectivity index (χ0) is 16.4. The van der Waals surface area contributed by atoms with E-state index in [-0.39, 0.29) is 5.75 Å². The van der Waals surface area contributed by atoms with Crippen LogP contribution in [0.5, 0.6) is 5.75 Å². The molecule has 0 saturated carbocycles. The SMILES string of the molecule is Cc1ccc(-c2ccc(C=Nc3ccc(Cl)cc3O)o2)c(Br)c1. The third-order valence-electron chi connectivity index (χ3n) is 3.29. The van der Waals surface area contributed by atoms with Crippen LogP contribution >= 0.6 is 27.5 Å². The second kappa shape index (κ2) is 6.60. The number of benzene rings is 2. The summed E-state index contributed by atoms with van der Waals surface area (Å²) in [5.74, 6) is 1.38. The second-order valence-corrected chi connectivity index (χ2v) is 6.37. The molecule has 0 unspecified atom stereocenters. The molecule has 2 aromatic carbocycles. The van der Waals surface area contributed by atoms with Crippen LogP contribution in [0, 0.1) is 6.92 Å². The van der Waals surface area contributed by atoms with Gasteiger partial charge in [-0.3, -0.25) is 0 Å². The quantitative estimate of drug-likeness (QED) is 0.547. The van der Waals surface area contributed by atoms with Gasteiger partial charge in [0.2, 0.25) is 0 Å². The molecule has 1 aromatic heterocycles. The monoisotopic (exact) mass is 389 g/mol. The summed E-state index contributed by atoms with van der Waals surface area (Å²) in [4.78, 5) is 4.22. The number of aliphatic imine (C=N–C) groups is 1. The first kappa shape index (κ1) is 15.8. The Hall–Kier alpha value is -2.04. The summed E-state index contributed by atoms with van der Waals surface area (Å²) in [7, 11) is 0. The summed E-state index contributed by atoms with van der Waals surface area (Å²) in [5.41, 5.74) is 2.58. The largest absolute Gasteiger partial charge is 0.506 e. The van der Waals surface area contributed by atoms with Crippen molar-refractivity contribution in [3.05, 3.63) is 69.3 Å². The number of halogens is 2. The molecular weight excluding hydrogens is 378 g/mol. The van der Waals surface area contributed by atoms with Gasteiger partial charge in [-0.2, -0.15) is 0 Å². The third kappa shape index (κ3) is 3.66. The van der Waals surface area contributed by atoms with E-state index in [1.807, 2.05) is 37.3 Å². The molecule has 3 aromatic rings. The minimum Gasteiger partial charge on any atom is -0.506 e. The van der Waals surface area contributed by atoms with Gasteiger partial charge >= 0.3 is 0 Å². The van der Waals surface area contributed by atoms with E-state index in [1.165, 1.54) is 11.6 Å². The lowest BCUT2D eigenvalue weighted by molar-refractivity contribution is 0.477. The van der Waals surface area contributed by atoms with E-state index in [0.29, 0.717) is 16.5 Å². The summed E-state index contributed by atoms with van der Waals surface area (Å²) in [6.45, 7) is 2.04. The van der Waals surface area contributed by atoms with Crippen molar-refractivity contribution in [2.75, 3.05) is 0 Å². The molecule has 0 fully saturated rings. The fourth-order valence-electron chi connectivity index (χ4n) is 2.13. The molecule has 0 bridgehead atoms. The summed E-state index contributed by atoms with van der Waals surface area (Å²) in [6.07, 6.45) is 1.56. The topological polar surface area (TPSA) is 45.7 Å². The second-order valence-electron chi connectivity index (χ2n) is 5.08. The maximum absolute atomic E-state index is 9.78. The van der Waals surface area contributed by atoms with Crippen LogP contribution in [0.1, 0.15) is 11.3 Å². The predicted octanol–water partition coefficient (Wildman–Crippen LogP) is 6.13. The molecule has 0 aliphatic heterocycles. The zero-order valence-electron chi connectivity index (χ0n) is 12.3. The van der Waals surface area contributed by atoms with Crippen LogP contribution in [0.15, 0.2) is 62.4 Å². The lowest BCUT2D eigenvalue weighted by Gasteiger charge is -2.02. The van der Waals surface area contributed by atoms with Crippen LogP contribution in [-0.2, 0) is 0 Å². The van der Waals surface area contributed by atoms with Gasteiger partial charge in [-0.15, -0.1) is 0 Å². The van der Waals surface area contributed by atoms with Gasteiger partial charge < -0.3 is 9.52 Å². The molecular formula is C18H13BrClNO2. The van der Waals surface area contributed by atoms with Crippen molar-refractivity contribution >= 4 is 39.4 Å². The molecule has 0 saturated heterocycles. The average molecular weight is 391 g/mol. The minimum absolute atomic E-state index is 0.0295. The lowest BCUT2D eigenvalue weighted by Crippen LogP contribution is -1.79. The minimum atomic E-state index is 0.0295. The smallest absolute Gasteiger partial charge is 0.145 e. The van der Waals surface area contributed by atoms with Crippen LogP contribution in [-0.4, -0.2) is 11.3 Å². The van der Waals surface area contributed by atoms with Crippen molar-refractivity contribution in [3.63, 3.8) is 0 Å². The van der Waals surface area contributed by atoms with Gasteiger partial charge in [0.1, 0.15) is 23.0 Å². The Balaban J connectivity index is 1.86. The Morgan fingerprint density at radius 2 is 1.96 bits per heavy atom. The van der Waals surface area contributed by atoms with Crippen molar-refractivity contribution in [3.8, 4) is 17.1 Å². The number of furan rings is 1. The van der Waals surface area contributed by atoms with E-state index < -0.39 is 0 Å². The van der Waals surface area contributed by atoms with E-state index in [2.05, 4.69) is 20.9 Å². The molecule has 3 nitrogen and oxygen atoms in total. The molecule has 5 heteroatoms. The number of phenols is 1.